The summed E-state index contributed by atoms with van der Waals surface area (Å²) in [7, 11) is 0. The van der Waals surface area contributed by atoms with Gasteiger partial charge in [0.2, 0.25) is 0 Å². The van der Waals surface area contributed by atoms with Crippen molar-refractivity contribution in [2.75, 3.05) is 26.3 Å². The zero-order chi connectivity index (χ0) is 13.7. The monoisotopic (exact) mass is 263 g/mol. The predicted molar refractivity (Wildman–Crippen MR) is 77.3 cm³/mol. The van der Waals surface area contributed by atoms with E-state index in [-0.39, 0.29) is 12.0 Å². The highest BCUT2D eigenvalue weighted by molar-refractivity contribution is 5.28. The summed E-state index contributed by atoms with van der Waals surface area (Å²) in [5.74, 6) is 0.946. The summed E-state index contributed by atoms with van der Waals surface area (Å²) in [5.41, 5.74) is 1.35. The van der Waals surface area contributed by atoms with E-state index < -0.39 is 0 Å². The van der Waals surface area contributed by atoms with Crippen LogP contribution in [0.1, 0.15) is 32.3 Å². The summed E-state index contributed by atoms with van der Waals surface area (Å²) in [6, 6.07) is 8.32. The lowest BCUT2D eigenvalue weighted by atomic mass is 9.82. The fourth-order valence-electron chi connectivity index (χ4n) is 2.85. The van der Waals surface area contributed by atoms with Crippen molar-refractivity contribution in [1.82, 2.24) is 4.90 Å². The Morgan fingerprint density at radius 3 is 3.00 bits per heavy atom. The van der Waals surface area contributed by atoms with Gasteiger partial charge in [0.15, 0.2) is 0 Å². The maximum atomic E-state index is 9.50. The van der Waals surface area contributed by atoms with Gasteiger partial charge in [-0.1, -0.05) is 19.1 Å². The van der Waals surface area contributed by atoms with Gasteiger partial charge in [0.05, 0.1) is 6.61 Å². The van der Waals surface area contributed by atoms with E-state index >= 15 is 0 Å². The number of rotatable bonds is 5. The molecule has 19 heavy (non-hydrogen) atoms. The van der Waals surface area contributed by atoms with Crippen LogP contribution in [-0.4, -0.2) is 36.3 Å². The molecule has 1 atom stereocenters. The average Bonchev–Trinajstić information content (AvgIpc) is 2.40. The van der Waals surface area contributed by atoms with E-state index in [1.807, 2.05) is 13.0 Å². The van der Waals surface area contributed by atoms with Gasteiger partial charge in [0.25, 0.3) is 0 Å². The van der Waals surface area contributed by atoms with Gasteiger partial charge in [-0.3, -0.25) is 4.90 Å². The van der Waals surface area contributed by atoms with Gasteiger partial charge >= 0.3 is 0 Å². The highest BCUT2D eigenvalue weighted by atomic mass is 16.5. The molecule has 2 rings (SSSR count). The second-order valence-corrected chi connectivity index (χ2v) is 5.86. The molecule has 0 aromatic heterocycles. The Hall–Kier alpha value is -1.06. The smallest absolute Gasteiger partial charge is 0.119 e. The Kier molecular flexibility index (Phi) is 4.83. The molecule has 0 amide bonds. The lowest BCUT2D eigenvalue weighted by Gasteiger charge is -2.39. The summed E-state index contributed by atoms with van der Waals surface area (Å²) >= 11 is 0. The molecule has 0 radical (unpaired) electrons. The van der Waals surface area contributed by atoms with Crippen molar-refractivity contribution in [3.8, 4) is 5.75 Å². The van der Waals surface area contributed by atoms with Crippen LogP contribution >= 0.6 is 0 Å². The fraction of sp³-hybridized carbons (Fsp3) is 0.625. The summed E-state index contributed by atoms with van der Waals surface area (Å²) in [5, 5.41) is 9.50. The highest BCUT2D eigenvalue weighted by Crippen LogP contribution is 2.29. The lowest BCUT2D eigenvalue weighted by molar-refractivity contribution is 0.0429. The molecule has 1 heterocycles. The van der Waals surface area contributed by atoms with Crippen molar-refractivity contribution in [2.24, 2.45) is 5.41 Å². The fourth-order valence-corrected chi connectivity index (χ4v) is 2.85. The second kappa shape index (κ2) is 6.40. The number of piperidine rings is 1. The zero-order valence-corrected chi connectivity index (χ0v) is 12.1. The Morgan fingerprint density at radius 1 is 1.42 bits per heavy atom. The molecule has 1 aliphatic heterocycles. The third-order valence-electron chi connectivity index (χ3n) is 3.86. The number of hydrogen-bond acceptors (Lipinski definition) is 3. The molecule has 1 aromatic carbocycles. The largest absolute Gasteiger partial charge is 0.494 e. The highest BCUT2D eigenvalue weighted by Gasteiger charge is 2.30. The molecule has 0 aliphatic carbocycles. The topological polar surface area (TPSA) is 32.7 Å². The molecule has 1 unspecified atom stereocenters. The van der Waals surface area contributed by atoms with E-state index in [1.165, 1.54) is 12.0 Å². The Morgan fingerprint density at radius 2 is 2.26 bits per heavy atom. The minimum absolute atomic E-state index is 0.0653. The maximum Gasteiger partial charge on any atom is 0.119 e. The maximum absolute atomic E-state index is 9.50. The second-order valence-electron chi connectivity index (χ2n) is 5.86. The van der Waals surface area contributed by atoms with Crippen molar-refractivity contribution in [3.05, 3.63) is 29.8 Å². The number of ether oxygens (including phenoxy) is 1. The van der Waals surface area contributed by atoms with Gasteiger partial charge in [0.1, 0.15) is 5.75 Å². The van der Waals surface area contributed by atoms with E-state index in [4.69, 9.17) is 4.74 Å². The van der Waals surface area contributed by atoms with Crippen LogP contribution in [0.4, 0.5) is 0 Å². The van der Waals surface area contributed by atoms with Crippen molar-refractivity contribution >= 4 is 0 Å². The first-order valence-corrected chi connectivity index (χ1v) is 7.20. The van der Waals surface area contributed by atoms with E-state index in [1.54, 1.807) is 0 Å². The molecule has 1 fully saturated rings. The summed E-state index contributed by atoms with van der Waals surface area (Å²) < 4.78 is 5.54. The summed E-state index contributed by atoms with van der Waals surface area (Å²) in [4.78, 5) is 2.44. The lowest BCUT2D eigenvalue weighted by Crippen LogP contribution is -2.43. The number of likely N-dealkylation sites (tertiary alicyclic amines) is 1. The molecule has 3 heteroatoms. The summed E-state index contributed by atoms with van der Waals surface area (Å²) in [6.45, 7) is 8.20. The minimum Gasteiger partial charge on any atom is -0.494 e. The molecular weight excluding hydrogens is 238 g/mol. The molecule has 106 valence electrons. The average molecular weight is 263 g/mol. The van der Waals surface area contributed by atoms with Crippen molar-refractivity contribution in [2.45, 2.75) is 33.2 Å². The van der Waals surface area contributed by atoms with Gasteiger partial charge in [-0.15, -0.1) is 0 Å². The Balaban J connectivity index is 1.98. The third kappa shape index (κ3) is 3.95. The van der Waals surface area contributed by atoms with Crippen LogP contribution in [0.3, 0.4) is 0 Å². The SMILES string of the molecule is CCOc1cccc(CN2CCCC(C)(CO)C2)c1. The van der Waals surface area contributed by atoms with Crippen LogP contribution in [0.5, 0.6) is 5.75 Å². The first-order valence-electron chi connectivity index (χ1n) is 7.20. The van der Waals surface area contributed by atoms with Crippen molar-refractivity contribution in [3.63, 3.8) is 0 Å². The molecule has 1 saturated heterocycles. The first kappa shape index (κ1) is 14.4. The van der Waals surface area contributed by atoms with Crippen LogP contribution in [0, 0.1) is 5.41 Å². The van der Waals surface area contributed by atoms with Gasteiger partial charge in [0, 0.05) is 25.1 Å². The molecule has 1 aliphatic rings. The summed E-state index contributed by atoms with van der Waals surface area (Å²) in [6.07, 6.45) is 2.29. The van der Waals surface area contributed by atoms with E-state index in [0.717, 1.165) is 31.8 Å². The predicted octanol–water partition coefficient (Wildman–Crippen LogP) is 2.68. The number of aliphatic hydroxyl groups excluding tert-OH is 1. The first-order chi connectivity index (χ1) is 9.15. The number of aliphatic hydroxyl groups is 1. The molecule has 0 spiro atoms. The zero-order valence-electron chi connectivity index (χ0n) is 12.1. The van der Waals surface area contributed by atoms with Gasteiger partial charge in [-0.25, -0.2) is 0 Å². The number of hydrogen-bond donors (Lipinski definition) is 1. The molecule has 3 nitrogen and oxygen atoms in total. The Labute approximate surface area is 116 Å². The van der Waals surface area contributed by atoms with E-state index in [2.05, 4.69) is 30.0 Å². The molecule has 0 bridgehead atoms. The quantitative estimate of drug-likeness (QED) is 0.886. The van der Waals surface area contributed by atoms with Gasteiger partial charge in [-0.2, -0.15) is 0 Å². The van der Waals surface area contributed by atoms with Crippen molar-refractivity contribution in [1.29, 1.82) is 0 Å². The molecule has 1 aromatic rings. The molecule has 0 saturated carbocycles. The van der Waals surface area contributed by atoms with Crippen LogP contribution in [0.25, 0.3) is 0 Å². The van der Waals surface area contributed by atoms with Crippen molar-refractivity contribution < 1.29 is 9.84 Å². The molecular formula is C16H25NO2. The Bertz CT molecular complexity index is 407. The number of nitrogens with zero attached hydrogens (tertiary/aromatic N) is 1. The minimum atomic E-state index is 0.0653. The standard InChI is InChI=1S/C16H25NO2/c1-3-19-15-7-4-6-14(10-15)11-17-9-5-8-16(2,12-17)13-18/h4,6-7,10,18H,3,5,8-9,11-13H2,1-2H3. The third-order valence-corrected chi connectivity index (χ3v) is 3.86. The van der Waals surface area contributed by atoms with Crippen LogP contribution < -0.4 is 4.74 Å². The van der Waals surface area contributed by atoms with Crippen LogP contribution in [0.15, 0.2) is 24.3 Å². The van der Waals surface area contributed by atoms with Gasteiger partial charge < -0.3 is 9.84 Å². The van der Waals surface area contributed by atoms with Crippen LogP contribution in [0.2, 0.25) is 0 Å². The van der Waals surface area contributed by atoms with Crippen LogP contribution in [-0.2, 0) is 6.54 Å². The normalized spacial score (nSPS) is 24.4. The van der Waals surface area contributed by atoms with E-state index in [0.29, 0.717) is 6.61 Å². The molecule has 1 N–H and O–H groups in total. The van der Waals surface area contributed by atoms with Gasteiger partial charge in [-0.05, 0) is 44.0 Å². The van der Waals surface area contributed by atoms with E-state index in [9.17, 15) is 5.11 Å². The number of benzene rings is 1.